The number of fused-ring (bicyclic) bond motifs is 9. The van der Waals surface area contributed by atoms with Crippen molar-refractivity contribution in [2.75, 3.05) is 55.8 Å². The van der Waals surface area contributed by atoms with Gasteiger partial charge in [0.05, 0.1) is 16.2 Å². The summed E-state index contributed by atoms with van der Waals surface area (Å²) in [5.41, 5.74) is 8.61. The summed E-state index contributed by atoms with van der Waals surface area (Å²) >= 11 is 5.54. The Morgan fingerprint density at radius 3 is 1.10 bits per heavy atom. The molecular weight excluding hydrogens is 1300 g/mol. The van der Waals surface area contributed by atoms with Gasteiger partial charge in [-0.15, -0.1) is 34.0 Å². The van der Waals surface area contributed by atoms with E-state index in [-0.39, 0.29) is 34.4 Å². The third-order valence-corrected chi connectivity index (χ3v) is 21.6. The van der Waals surface area contributed by atoms with Crippen LogP contribution in [0, 0.1) is 0 Å². The smallest absolute Gasteiger partial charge is 0.444 e. The number of alkyl carbamates (subject to hydrolysis) is 1. The number of hydrogen-bond acceptors (Lipinski definition) is 23. The van der Waals surface area contributed by atoms with Crippen molar-refractivity contribution in [1.82, 2.24) is 45.4 Å². The number of thiophene rings is 3. The van der Waals surface area contributed by atoms with E-state index >= 15 is 0 Å². The third-order valence-electron chi connectivity index (χ3n) is 18.0. The monoisotopic (exact) mass is 1420 g/mol. The van der Waals surface area contributed by atoms with Crippen LogP contribution in [0.3, 0.4) is 0 Å². The molecule has 98 heavy (non-hydrogen) atoms. The quantitative estimate of drug-likeness (QED) is 0.0400. The molecule has 7 aliphatic rings. The number of nitrogens with one attached hydrogen (secondary N) is 5. The molecule has 0 aromatic carbocycles. The van der Waals surface area contributed by atoms with Crippen molar-refractivity contribution in [1.29, 1.82) is 0 Å². The second-order valence-corrected chi connectivity index (χ2v) is 32.1. The number of carbonyl (C=O) groups is 3. The van der Waals surface area contributed by atoms with Crippen LogP contribution in [0.1, 0.15) is 246 Å². The van der Waals surface area contributed by atoms with Crippen LogP contribution in [0.5, 0.6) is 0 Å². The van der Waals surface area contributed by atoms with Crippen molar-refractivity contribution in [3.63, 3.8) is 0 Å². The van der Waals surface area contributed by atoms with Gasteiger partial charge in [0, 0.05) is 64.1 Å². The second-order valence-electron chi connectivity index (χ2n) is 28.8. The van der Waals surface area contributed by atoms with Gasteiger partial charge in [-0.1, -0.05) is 43.1 Å². The maximum Gasteiger partial charge on any atom is 0.519 e. The first kappa shape index (κ1) is 83.0. The average Bonchev–Trinajstić information content (AvgIpc) is 1.64. The molecule has 21 nitrogen and oxygen atoms in total. The lowest BCUT2D eigenvalue weighted by Gasteiger charge is -2.30. The van der Waals surface area contributed by atoms with Crippen LogP contribution in [-0.4, -0.2) is 146 Å². The van der Waals surface area contributed by atoms with Gasteiger partial charge in [0.25, 0.3) is 0 Å². The fourth-order valence-electron chi connectivity index (χ4n) is 13.1. The summed E-state index contributed by atoms with van der Waals surface area (Å²) in [6.45, 7) is 27.8. The van der Waals surface area contributed by atoms with Gasteiger partial charge >= 0.3 is 18.4 Å². The van der Waals surface area contributed by atoms with Crippen molar-refractivity contribution in [3.8, 4) is 0 Å². The minimum atomic E-state index is -1.06. The van der Waals surface area contributed by atoms with Crippen LogP contribution in [0.4, 0.5) is 31.8 Å². The average molecular weight is 1420 g/mol. The number of aryl methyl sites for hydroxylation is 6. The molecule has 13 rings (SSSR count). The lowest BCUT2D eigenvalue weighted by Crippen LogP contribution is -2.42. The minimum Gasteiger partial charge on any atom is -0.444 e. The fraction of sp³-hybridized carbons (Fsp3) is 0.716. The number of hydrogen-bond donors (Lipinski definition) is 6. The topological polar surface area (TPSA) is 264 Å². The molecule has 0 atom stereocenters. The lowest BCUT2D eigenvalue weighted by molar-refractivity contribution is -0.0294. The first-order valence-corrected chi connectivity index (χ1v) is 37.8. The number of amides is 1. The molecular formula is C74H123N13O8S3. The van der Waals surface area contributed by atoms with E-state index < -0.39 is 29.1 Å². The van der Waals surface area contributed by atoms with Gasteiger partial charge in [-0.2, -0.15) is 0 Å². The summed E-state index contributed by atoms with van der Waals surface area (Å²) < 4.78 is 24.1. The number of aromatic nitrogens is 6. The highest BCUT2D eigenvalue weighted by atomic mass is 32.1. The zero-order valence-corrected chi connectivity index (χ0v) is 61.6. The number of nitrogens with two attached hydrogens (primary N) is 1. The van der Waals surface area contributed by atoms with Crippen LogP contribution in [-0.2, 0) is 62.2 Å². The van der Waals surface area contributed by atoms with Crippen LogP contribution < -0.4 is 32.3 Å². The number of ether oxygens (including phenoxy) is 5. The Bertz CT molecular complexity index is 3340. The first-order chi connectivity index (χ1) is 45.4. The third kappa shape index (κ3) is 25.5. The SMILES string of the molecule is C.C.C.C1CCOC1.CC(C)(C)OC(=O)NC1CCC(Nc2ncnc3sc4c(c23)CCC4)CC1.CC(C)(C)OC(=O)OC(=O)OC(C)(C)C.CCN(CC)CC.CNC1CCC(Nc2ncnc3sc4c(c23)CCC4)CC1.NC1CCC(Nc2ncnc3sc4c(c23)CCC4)CC1. The normalized spacial score (nSPS) is 20.6. The molecule has 24 heteroatoms. The number of carbonyl (C=O) groups excluding carboxylic acids is 3. The molecule has 3 saturated carbocycles. The van der Waals surface area contributed by atoms with Gasteiger partial charge in [0.1, 0.15) is 67.7 Å². The molecule has 0 radical (unpaired) electrons. The number of anilines is 3. The molecule has 1 amide bonds. The predicted molar refractivity (Wildman–Crippen MR) is 407 cm³/mol. The fourth-order valence-corrected chi connectivity index (χ4v) is 16.8. The Morgan fingerprint density at radius 1 is 0.480 bits per heavy atom. The van der Waals surface area contributed by atoms with Crippen molar-refractivity contribution < 1.29 is 38.1 Å². The Balaban J connectivity index is 0.000000224. The minimum absolute atomic E-state index is 0. The summed E-state index contributed by atoms with van der Waals surface area (Å²) in [6.07, 6.45) is 29.6. The summed E-state index contributed by atoms with van der Waals surface area (Å²) in [5, 5.41) is 21.3. The molecule has 6 aliphatic carbocycles. The van der Waals surface area contributed by atoms with E-state index in [1.165, 1.54) is 162 Å². The van der Waals surface area contributed by atoms with E-state index in [9.17, 15) is 14.4 Å². The highest BCUT2D eigenvalue weighted by Crippen LogP contribution is 2.43. The molecule has 0 spiro atoms. The lowest BCUT2D eigenvalue weighted by atomic mass is 9.91. The Hall–Kier alpha value is -5.63. The second kappa shape index (κ2) is 39.5. The molecule has 4 fully saturated rings. The molecule has 550 valence electrons. The van der Waals surface area contributed by atoms with Crippen LogP contribution in [0.15, 0.2) is 19.0 Å². The Labute approximate surface area is 598 Å². The standard InChI is InChI=1S/C20H28N4O2S.C16H22N4S.C15H20N4S.C10H18O5.C6H15N.C4H8O.3CH4/c1-20(2,3)26-19(25)24-13-9-7-12(8-10-13)23-17-16-14-5-4-6-15(14)27-18(16)22-11-21-17;1-17-10-5-7-11(8-6-10)20-15-14-12-3-2-4-13(12)21-16(14)19-9-18-15;16-9-4-6-10(7-5-9)19-14-13-11-2-1-3-12(11)20-15(13)18-8-17-14;1-9(2,3)14-7(11)13-8(12)15-10(4,5)6;1-4-7(5-2)6-3;1-2-4-5-3-1;;;/h11-13H,4-10H2,1-3H3,(H,24,25)(H,21,22,23);9-11,17H,2-8H2,1H3,(H,18,19,20);8-10H,1-7,16H2,(H,17,18,19);1-6H3;4-6H2,1-3H3;1-4H2;3*1H4. The van der Waals surface area contributed by atoms with Crippen molar-refractivity contribution in [2.24, 2.45) is 5.73 Å². The molecule has 1 aliphatic heterocycles. The van der Waals surface area contributed by atoms with Gasteiger partial charge in [-0.05, 0) is 253 Å². The van der Waals surface area contributed by atoms with Crippen LogP contribution >= 0.6 is 34.0 Å². The maximum absolute atomic E-state index is 12.0. The van der Waals surface area contributed by atoms with Gasteiger partial charge in [0.2, 0.25) is 0 Å². The van der Waals surface area contributed by atoms with Gasteiger partial charge in [-0.25, -0.2) is 44.3 Å². The molecule has 7 heterocycles. The van der Waals surface area contributed by atoms with Crippen LogP contribution in [0.25, 0.3) is 30.6 Å². The number of nitrogens with zero attached hydrogens (tertiary/aromatic N) is 7. The van der Waals surface area contributed by atoms with E-state index in [1.54, 1.807) is 60.5 Å². The zero-order chi connectivity index (χ0) is 68.3. The molecule has 7 N–H and O–H groups in total. The largest absolute Gasteiger partial charge is 0.519 e. The van der Waals surface area contributed by atoms with E-state index in [2.05, 4.69) is 93.9 Å². The van der Waals surface area contributed by atoms with Gasteiger partial charge in [-0.3, -0.25) is 0 Å². The predicted octanol–water partition coefficient (Wildman–Crippen LogP) is 17.3. The molecule has 6 aromatic rings. The molecule has 0 unspecified atom stereocenters. The van der Waals surface area contributed by atoms with E-state index in [4.69, 9.17) is 24.7 Å². The summed E-state index contributed by atoms with van der Waals surface area (Å²) in [4.78, 5) is 71.4. The maximum atomic E-state index is 12.0. The van der Waals surface area contributed by atoms with Crippen molar-refractivity contribution in [3.05, 3.63) is 50.3 Å². The highest BCUT2D eigenvalue weighted by Gasteiger charge is 2.30. The highest BCUT2D eigenvalue weighted by molar-refractivity contribution is 7.19. The molecule has 0 bridgehead atoms. The molecule has 1 saturated heterocycles. The Morgan fingerprint density at radius 2 is 0.806 bits per heavy atom. The summed E-state index contributed by atoms with van der Waals surface area (Å²) in [5.74, 6) is 3.12. The first-order valence-electron chi connectivity index (χ1n) is 35.3. The van der Waals surface area contributed by atoms with Crippen molar-refractivity contribution in [2.45, 2.75) is 306 Å². The van der Waals surface area contributed by atoms with Crippen molar-refractivity contribution >= 4 is 101 Å². The Kier molecular flexibility index (Phi) is 33.5. The van der Waals surface area contributed by atoms with E-state index in [1.807, 2.05) is 54.8 Å². The van der Waals surface area contributed by atoms with Gasteiger partial charge < -0.3 is 60.9 Å². The van der Waals surface area contributed by atoms with E-state index in [0.29, 0.717) is 30.2 Å². The number of rotatable bonds is 11. The van der Waals surface area contributed by atoms with Crippen LogP contribution in [0.2, 0.25) is 0 Å². The van der Waals surface area contributed by atoms with Gasteiger partial charge in [0.15, 0.2) is 0 Å². The zero-order valence-electron chi connectivity index (χ0n) is 59.2. The molecule has 6 aromatic heterocycles. The van der Waals surface area contributed by atoms with E-state index in [0.717, 1.165) is 98.1 Å². The summed E-state index contributed by atoms with van der Waals surface area (Å²) in [6, 6.07) is 2.74. The summed E-state index contributed by atoms with van der Waals surface area (Å²) in [7, 11) is 2.07.